The summed E-state index contributed by atoms with van der Waals surface area (Å²) < 4.78 is 4.44. The van der Waals surface area contributed by atoms with Gasteiger partial charge in [0.1, 0.15) is 0 Å². The minimum atomic E-state index is -0.181. The van der Waals surface area contributed by atoms with Gasteiger partial charge in [0.25, 0.3) is 8.05 Å². The average Bonchev–Trinajstić information content (AvgIpc) is 1.35. The van der Waals surface area contributed by atoms with Crippen LogP contribution in [0.25, 0.3) is 0 Å². The van der Waals surface area contributed by atoms with Crippen LogP contribution in [0.5, 0.6) is 0 Å². The molecule has 0 aliphatic carbocycles. The average molecular weight is 83.9 g/mol. The molecule has 0 saturated carbocycles. The maximum Gasteiger partial charge on any atom is 0.283 e. The molecule has 0 aliphatic heterocycles. The van der Waals surface area contributed by atoms with Crippen LogP contribution in [0, 0.1) is 0 Å². The molecule has 0 N–H and O–H groups in total. The summed E-state index contributed by atoms with van der Waals surface area (Å²) in [6, 6.07) is 0. The Kier molecular flexibility index (Phi) is 1.66. The second-order valence-electron chi connectivity index (χ2n) is 2.23. The second kappa shape index (κ2) is 1.65. The van der Waals surface area contributed by atoms with Crippen LogP contribution in [0.15, 0.2) is 0 Å². The van der Waals surface area contributed by atoms with Crippen molar-refractivity contribution in [2.45, 2.75) is 26.4 Å². The lowest BCUT2D eigenvalue weighted by Gasteiger charge is -2.15. The van der Waals surface area contributed by atoms with Crippen molar-refractivity contribution < 1.29 is 4.65 Å². The lowest BCUT2D eigenvalue weighted by Crippen LogP contribution is -2.16. The fourth-order valence-electron chi connectivity index (χ4n) is 0. The zero-order chi connectivity index (χ0) is 5.21. The zero-order valence-electron chi connectivity index (χ0n) is 4.49. The molecule has 2 radical (unpaired) electrons. The van der Waals surface area contributed by atoms with Crippen LogP contribution in [0.3, 0.4) is 0 Å². The van der Waals surface area contributed by atoms with Gasteiger partial charge < -0.3 is 4.65 Å². The van der Waals surface area contributed by atoms with Gasteiger partial charge in [0.15, 0.2) is 0 Å². The second-order valence-corrected chi connectivity index (χ2v) is 2.23. The van der Waals surface area contributed by atoms with E-state index in [0.717, 1.165) is 0 Å². The third-order valence-electron chi connectivity index (χ3n) is 0.354. The summed E-state index contributed by atoms with van der Waals surface area (Å²) in [5.74, 6) is 0. The van der Waals surface area contributed by atoms with Crippen molar-refractivity contribution in [2.24, 2.45) is 0 Å². The highest BCUT2D eigenvalue weighted by atomic mass is 16.4. The van der Waals surface area contributed by atoms with Gasteiger partial charge in [0, 0.05) is 5.60 Å². The smallest absolute Gasteiger partial charge is 0.283 e. The van der Waals surface area contributed by atoms with Crippen LogP contribution in [-0.2, 0) is 4.65 Å². The van der Waals surface area contributed by atoms with Crippen LogP contribution in [0.1, 0.15) is 20.8 Å². The first kappa shape index (κ1) is 6.02. The van der Waals surface area contributed by atoms with Gasteiger partial charge in [-0.15, -0.1) is 0 Å². The SMILES string of the molecule is [B]OC(C)(C)C. The predicted octanol–water partition coefficient (Wildman–Crippen LogP) is 0.885. The van der Waals surface area contributed by atoms with Gasteiger partial charge in [-0.25, -0.2) is 0 Å². The normalized spacial score (nSPS) is 11.8. The van der Waals surface area contributed by atoms with E-state index in [0.29, 0.717) is 0 Å². The van der Waals surface area contributed by atoms with Gasteiger partial charge in [-0.05, 0) is 20.8 Å². The van der Waals surface area contributed by atoms with E-state index in [4.69, 9.17) is 8.05 Å². The molecule has 0 aromatic heterocycles. The molecule has 0 spiro atoms. The first-order valence-corrected chi connectivity index (χ1v) is 1.94. The largest absolute Gasteiger partial charge is 0.443 e. The Hall–Kier alpha value is 0.0249. The lowest BCUT2D eigenvalue weighted by molar-refractivity contribution is 0.147. The highest BCUT2D eigenvalue weighted by Gasteiger charge is 2.03. The molecule has 0 atom stereocenters. The molecular formula is C4H9BO. The van der Waals surface area contributed by atoms with Gasteiger partial charge >= 0.3 is 0 Å². The van der Waals surface area contributed by atoms with Gasteiger partial charge in [-0.3, -0.25) is 0 Å². The number of rotatable bonds is 0. The molecule has 6 heavy (non-hydrogen) atoms. The molecule has 1 nitrogen and oxygen atoms in total. The summed E-state index contributed by atoms with van der Waals surface area (Å²) in [5.41, 5.74) is -0.181. The molecular weight excluding hydrogens is 74.9 g/mol. The number of hydrogen-bond donors (Lipinski definition) is 0. The van der Waals surface area contributed by atoms with E-state index in [9.17, 15) is 0 Å². The Morgan fingerprint density at radius 3 is 1.50 bits per heavy atom. The molecule has 0 bridgehead atoms. The zero-order valence-corrected chi connectivity index (χ0v) is 4.49. The van der Waals surface area contributed by atoms with E-state index in [1.165, 1.54) is 0 Å². The summed E-state index contributed by atoms with van der Waals surface area (Å²) in [4.78, 5) is 0. The quantitative estimate of drug-likeness (QED) is 0.396. The monoisotopic (exact) mass is 84.1 g/mol. The molecule has 0 rings (SSSR count). The third-order valence-corrected chi connectivity index (χ3v) is 0.354. The fourth-order valence-corrected chi connectivity index (χ4v) is 0. The standard InChI is InChI=1S/C4H9BO/c1-4(2,3)6-5/h1-3H3. The van der Waals surface area contributed by atoms with Crippen LogP contribution >= 0.6 is 0 Å². The summed E-state index contributed by atoms with van der Waals surface area (Å²) >= 11 is 0. The topological polar surface area (TPSA) is 9.23 Å². The van der Waals surface area contributed by atoms with E-state index >= 15 is 0 Å². The third kappa shape index (κ3) is 4.02. The number of hydrogen-bond acceptors (Lipinski definition) is 1. The highest BCUT2D eigenvalue weighted by molar-refractivity contribution is 5.98. The molecule has 0 saturated heterocycles. The first-order chi connectivity index (χ1) is 2.56. The van der Waals surface area contributed by atoms with Crippen molar-refractivity contribution in [3.63, 3.8) is 0 Å². The summed E-state index contributed by atoms with van der Waals surface area (Å²) in [7, 11) is 4.81. The Bertz CT molecular complexity index is 37.3. The molecule has 0 amide bonds. The van der Waals surface area contributed by atoms with Crippen LogP contribution < -0.4 is 0 Å². The van der Waals surface area contributed by atoms with E-state index in [1.807, 2.05) is 20.8 Å². The molecule has 0 unspecified atom stereocenters. The van der Waals surface area contributed by atoms with E-state index in [-0.39, 0.29) is 5.60 Å². The Labute approximate surface area is 40.1 Å². The van der Waals surface area contributed by atoms with Crippen LogP contribution in [-0.4, -0.2) is 13.7 Å². The first-order valence-electron chi connectivity index (χ1n) is 1.94. The van der Waals surface area contributed by atoms with Crippen LogP contribution in [0.4, 0.5) is 0 Å². The maximum atomic E-state index is 4.81. The van der Waals surface area contributed by atoms with Crippen molar-refractivity contribution in [3.8, 4) is 0 Å². The Morgan fingerprint density at radius 1 is 1.33 bits per heavy atom. The van der Waals surface area contributed by atoms with Crippen molar-refractivity contribution in [3.05, 3.63) is 0 Å². The van der Waals surface area contributed by atoms with E-state index in [1.54, 1.807) is 0 Å². The molecule has 2 heteroatoms. The Morgan fingerprint density at radius 2 is 1.50 bits per heavy atom. The molecule has 0 fully saturated rings. The van der Waals surface area contributed by atoms with Gasteiger partial charge in [-0.1, -0.05) is 0 Å². The van der Waals surface area contributed by atoms with E-state index in [2.05, 4.69) is 4.65 Å². The highest BCUT2D eigenvalue weighted by Crippen LogP contribution is 2.01. The van der Waals surface area contributed by atoms with Crippen molar-refractivity contribution in [1.29, 1.82) is 0 Å². The maximum absolute atomic E-state index is 4.81. The van der Waals surface area contributed by atoms with Gasteiger partial charge in [0.2, 0.25) is 0 Å². The Balaban J connectivity index is 3.17. The van der Waals surface area contributed by atoms with E-state index < -0.39 is 0 Å². The minimum absolute atomic E-state index is 0.181. The van der Waals surface area contributed by atoms with Crippen molar-refractivity contribution in [1.82, 2.24) is 0 Å². The molecule has 0 aliphatic rings. The van der Waals surface area contributed by atoms with Crippen molar-refractivity contribution in [2.75, 3.05) is 0 Å². The van der Waals surface area contributed by atoms with Crippen LogP contribution in [0.2, 0.25) is 0 Å². The molecule has 0 aromatic rings. The predicted molar refractivity (Wildman–Crippen MR) is 26.6 cm³/mol. The molecule has 0 heterocycles. The summed E-state index contributed by atoms with van der Waals surface area (Å²) in [5, 5.41) is 0. The van der Waals surface area contributed by atoms with Gasteiger partial charge in [0.05, 0.1) is 0 Å². The summed E-state index contributed by atoms with van der Waals surface area (Å²) in [6.07, 6.45) is 0. The molecule has 34 valence electrons. The fraction of sp³-hybridized carbons (Fsp3) is 1.00. The van der Waals surface area contributed by atoms with Gasteiger partial charge in [-0.2, -0.15) is 0 Å². The summed E-state index contributed by atoms with van der Waals surface area (Å²) in [6.45, 7) is 5.69. The molecule has 0 aromatic carbocycles. The minimum Gasteiger partial charge on any atom is -0.443 e. The lowest BCUT2D eigenvalue weighted by atomic mass is 10.2. The van der Waals surface area contributed by atoms with Crippen molar-refractivity contribution >= 4 is 8.05 Å².